The van der Waals surface area contributed by atoms with Gasteiger partial charge in [0.05, 0.1) is 0 Å². The maximum absolute atomic E-state index is 5.14. The molecular formula is C14H23ORe-. The Bertz CT molecular complexity index is 285. The predicted octanol–water partition coefficient (Wildman–Crippen LogP) is 5.11. The van der Waals surface area contributed by atoms with Gasteiger partial charge in [-0.1, -0.05) is 46.8 Å². The molecule has 0 fully saturated rings. The van der Waals surface area contributed by atoms with E-state index in [0.29, 0.717) is 0 Å². The van der Waals surface area contributed by atoms with Gasteiger partial charge in [-0.3, -0.25) is 0 Å². The van der Waals surface area contributed by atoms with Crippen LogP contribution >= 0.6 is 0 Å². The Morgan fingerprint density at radius 1 is 1.19 bits per heavy atom. The van der Waals surface area contributed by atoms with E-state index < -0.39 is 0 Å². The summed E-state index contributed by atoms with van der Waals surface area (Å²) in [4.78, 5) is 0. The van der Waals surface area contributed by atoms with Gasteiger partial charge in [-0.05, 0) is 18.9 Å². The Morgan fingerprint density at radius 2 is 1.69 bits per heavy atom. The van der Waals surface area contributed by atoms with E-state index in [-0.39, 0.29) is 20.4 Å². The minimum atomic E-state index is 0. The average molecular weight is 394 g/mol. The minimum Gasteiger partial charge on any atom is -0.591 e. The maximum Gasteiger partial charge on any atom is 0 e. The van der Waals surface area contributed by atoms with Crippen LogP contribution in [0.5, 0.6) is 0 Å². The molecule has 0 aromatic carbocycles. The molecule has 0 aliphatic rings. The SMILES string of the molecule is C=Cc1c(C)[c-]oc1/C=C\C.CC.CC.[Re]. The molecular weight excluding hydrogens is 370 g/mol. The summed E-state index contributed by atoms with van der Waals surface area (Å²) >= 11 is 0. The minimum absolute atomic E-state index is 0. The number of hydrogen-bond acceptors (Lipinski definition) is 1. The van der Waals surface area contributed by atoms with Crippen LogP contribution in [0.15, 0.2) is 17.1 Å². The molecule has 0 amide bonds. The molecule has 16 heavy (non-hydrogen) atoms. The molecule has 0 N–H and O–H groups in total. The zero-order valence-corrected chi connectivity index (χ0v) is 13.9. The first kappa shape index (κ1) is 20.8. The number of rotatable bonds is 2. The third kappa shape index (κ3) is 6.82. The Hall–Kier alpha value is -0.578. The van der Waals surface area contributed by atoms with E-state index in [1.54, 1.807) is 6.08 Å². The molecule has 0 aliphatic carbocycles. The molecule has 0 saturated heterocycles. The van der Waals surface area contributed by atoms with Gasteiger partial charge in [0.2, 0.25) is 0 Å². The van der Waals surface area contributed by atoms with Crippen molar-refractivity contribution < 1.29 is 24.8 Å². The summed E-state index contributed by atoms with van der Waals surface area (Å²) in [6.07, 6.45) is 8.39. The van der Waals surface area contributed by atoms with Crippen molar-refractivity contribution in [3.8, 4) is 0 Å². The molecule has 1 aromatic heterocycles. The van der Waals surface area contributed by atoms with Gasteiger partial charge < -0.3 is 4.42 Å². The number of aryl methyl sites for hydroxylation is 1. The molecule has 1 radical (unpaired) electrons. The molecule has 2 heteroatoms. The summed E-state index contributed by atoms with van der Waals surface area (Å²) in [5, 5.41) is 0. The van der Waals surface area contributed by atoms with E-state index in [4.69, 9.17) is 4.42 Å². The summed E-state index contributed by atoms with van der Waals surface area (Å²) in [7, 11) is 0. The molecule has 0 saturated carbocycles. The summed E-state index contributed by atoms with van der Waals surface area (Å²) in [5.74, 6) is 0.833. The summed E-state index contributed by atoms with van der Waals surface area (Å²) < 4.78 is 5.14. The van der Waals surface area contributed by atoms with Crippen molar-refractivity contribution in [1.29, 1.82) is 0 Å². The molecule has 0 unspecified atom stereocenters. The molecule has 0 aliphatic heterocycles. The van der Waals surface area contributed by atoms with Gasteiger partial charge in [-0.15, -0.1) is 23.8 Å². The van der Waals surface area contributed by atoms with Gasteiger partial charge in [-0.2, -0.15) is 0 Å². The van der Waals surface area contributed by atoms with E-state index in [2.05, 4.69) is 12.8 Å². The third-order valence-corrected chi connectivity index (χ3v) is 1.51. The van der Waals surface area contributed by atoms with E-state index in [9.17, 15) is 0 Å². The molecule has 0 atom stereocenters. The van der Waals surface area contributed by atoms with Crippen molar-refractivity contribution >= 4 is 12.2 Å². The van der Waals surface area contributed by atoms with Gasteiger partial charge in [-0.25, -0.2) is 0 Å². The molecule has 0 spiro atoms. The smallest absolute Gasteiger partial charge is 0 e. The first-order valence-corrected chi connectivity index (χ1v) is 5.55. The van der Waals surface area contributed by atoms with Crippen molar-refractivity contribution in [2.24, 2.45) is 0 Å². The first-order chi connectivity index (χ1) is 7.29. The fourth-order valence-corrected chi connectivity index (χ4v) is 0.955. The van der Waals surface area contributed by atoms with Crippen molar-refractivity contribution in [2.45, 2.75) is 41.5 Å². The van der Waals surface area contributed by atoms with Gasteiger partial charge in [0.15, 0.2) is 0 Å². The molecule has 0 bridgehead atoms. The molecule has 1 nitrogen and oxygen atoms in total. The second-order valence-corrected chi connectivity index (χ2v) is 2.31. The van der Waals surface area contributed by atoms with Crippen LogP contribution in [0, 0.1) is 13.2 Å². The number of allylic oxidation sites excluding steroid dienone is 1. The van der Waals surface area contributed by atoms with Gasteiger partial charge >= 0.3 is 0 Å². The zero-order chi connectivity index (χ0) is 12.3. The summed E-state index contributed by atoms with van der Waals surface area (Å²) in [6.45, 7) is 15.6. The second kappa shape index (κ2) is 14.4. The van der Waals surface area contributed by atoms with E-state index >= 15 is 0 Å². The molecule has 1 heterocycles. The number of hydrogen-bond donors (Lipinski definition) is 0. The van der Waals surface area contributed by atoms with E-state index in [1.165, 1.54) is 0 Å². The average Bonchev–Trinajstić information content (AvgIpc) is 2.65. The standard InChI is InChI=1S/C10H11O.2C2H6.Re/c1-4-6-10-9(5-2)8(3)7-11-10;2*1-2;/h4-6H,2H2,1,3H3;2*1-2H3;/q-1;;;/b6-4-;;;. The van der Waals surface area contributed by atoms with Crippen LogP contribution in [0.1, 0.15) is 51.5 Å². The van der Waals surface area contributed by atoms with Gasteiger partial charge in [0.25, 0.3) is 0 Å². The Kier molecular flexibility index (Phi) is 18.7. The van der Waals surface area contributed by atoms with Crippen LogP contribution in [-0.4, -0.2) is 0 Å². The molecule has 1 aromatic rings. The van der Waals surface area contributed by atoms with Crippen LogP contribution in [0.3, 0.4) is 0 Å². The molecule has 93 valence electrons. The largest absolute Gasteiger partial charge is 0.591 e. The fourth-order valence-electron chi connectivity index (χ4n) is 0.955. The van der Waals surface area contributed by atoms with Gasteiger partial charge in [0.1, 0.15) is 0 Å². The Morgan fingerprint density at radius 3 is 2.06 bits per heavy atom. The zero-order valence-electron chi connectivity index (χ0n) is 11.2. The Balaban J connectivity index is -0.000000305. The second-order valence-electron chi connectivity index (χ2n) is 2.31. The van der Waals surface area contributed by atoms with Crippen molar-refractivity contribution in [3.63, 3.8) is 0 Å². The van der Waals surface area contributed by atoms with E-state index in [1.807, 2.05) is 53.7 Å². The summed E-state index contributed by atoms with van der Waals surface area (Å²) in [5.41, 5.74) is 2.04. The van der Waals surface area contributed by atoms with Gasteiger partial charge in [0, 0.05) is 20.4 Å². The van der Waals surface area contributed by atoms with Crippen molar-refractivity contribution in [1.82, 2.24) is 0 Å². The van der Waals surface area contributed by atoms with Crippen LogP contribution in [0.2, 0.25) is 0 Å². The summed E-state index contributed by atoms with van der Waals surface area (Å²) in [6, 6.07) is 0. The number of furan rings is 1. The quantitative estimate of drug-likeness (QED) is 0.636. The van der Waals surface area contributed by atoms with Crippen LogP contribution in [-0.2, 0) is 20.4 Å². The maximum atomic E-state index is 5.14. The van der Waals surface area contributed by atoms with E-state index in [0.717, 1.165) is 16.9 Å². The van der Waals surface area contributed by atoms with Crippen LogP contribution in [0.4, 0.5) is 0 Å². The first-order valence-electron chi connectivity index (χ1n) is 5.55. The Labute approximate surface area is 114 Å². The normalized spacial score (nSPS) is 8.12. The molecule has 1 rings (SSSR count). The van der Waals surface area contributed by atoms with Crippen molar-refractivity contribution in [2.75, 3.05) is 0 Å². The predicted molar refractivity (Wildman–Crippen MR) is 69.8 cm³/mol. The topological polar surface area (TPSA) is 13.1 Å². The van der Waals surface area contributed by atoms with Crippen molar-refractivity contribution in [3.05, 3.63) is 35.8 Å². The monoisotopic (exact) mass is 394 g/mol. The van der Waals surface area contributed by atoms with Crippen LogP contribution < -0.4 is 0 Å². The van der Waals surface area contributed by atoms with Crippen LogP contribution in [0.25, 0.3) is 12.2 Å². The fraction of sp³-hybridized carbons (Fsp3) is 0.429. The third-order valence-electron chi connectivity index (χ3n) is 1.51.